The molecule has 3 N–H and O–H groups in total. The SMILES string of the molecule is Cc1ccc(NCC(=O)NNC(=O)C2CC(=O)N(c3ccc(C)cc3F)C2)c(C)c1. The summed E-state index contributed by atoms with van der Waals surface area (Å²) in [5.41, 5.74) is 8.57. The first-order chi connectivity index (χ1) is 14.2. The first kappa shape index (κ1) is 21.3. The van der Waals surface area contributed by atoms with Crippen molar-refractivity contribution in [1.29, 1.82) is 0 Å². The number of rotatable bonds is 5. The summed E-state index contributed by atoms with van der Waals surface area (Å²) in [4.78, 5) is 37.9. The molecule has 0 bridgehead atoms. The van der Waals surface area contributed by atoms with E-state index in [1.54, 1.807) is 13.0 Å². The third-order valence-corrected chi connectivity index (χ3v) is 5.04. The molecule has 2 aromatic rings. The fourth-order valence-corrected chi connectivity index (χ4v) is 3.41. The van der Waals surface area contributed by atoms with Crippen LogP contribution in [0.2, 0.25) is 0 Å². The molecule has 7 nitrogen and oxygen atoms in total. The molecule has 1 saturated heterocycles. The smallest absolute Gasteiger partial charge is 0.257 e. The van der Waals surface area contributed by atoms with Crippen LogP contribution in [0.1, 0.15) is 23.1 Å². The summed E-state index contributed by atoms with van der Waals surface area (Å²) in [6, 6.07) is 10.4. The monoisotopic (exact) mass is 412 g/mol. The molecule has 1 fully saturated rings. The number of amides is 3. The topological polar surface area (TPSA) is 90.5 Å². The summed E-state index contributed by atoms with van der Waals surface area (Å²) in [5.74, 6) is -2.42. The molecule has 0 spiro atoms. The molecular weight excluding hydrogens is 387 g/mol. The minimum absolute atomic E-state index is 0.0194. The summed E-state index contributed by atoms with van der Waals surface area (Å²) in [6.07, 6.45) is -0.0458. The van der Waals surface area contributed by atoms with E-state index in [1.165, 1.54) is 17.0 Å². The Hall–Kier alpha value is -3.42. The normalized spacial score (nSPS) is 15.8. The van der Waals surface area contributed by atoms with E-state index in [-0.39, 0.29) is 31.1 Å². The largest absolute Gasteiger partial charge is 0.376 e. The Kier molecular flexibility index (Phi) is 6.34. The summed E-state index contributed by atoms with van der Waals surface area (Å²) in [6.45, 7) is 5.72. The quantitative estimate of drug-likeness (QED) is 0.658. The second-order valence-corrected chi connectivity index (χ2v) is 7.57. The molecule has 0 radical (unpaired) electrons. The number of benzene rings is 2. The van der Waals surface area contributed by atoms with Gasteiger partial charge in [0.05, 0.1) is 18.2 Å². The van der Waals surface area contributed by atoms with Gasteiger partial charge in [-0.2, -0.15) is 0 Å². The molecular formula is C22H25FN4O3. The molecule has 1 aliphatic rings. The number of hydrogen-bond donors (Lipinski definition) is 3. The van der Waals surface area contributed by atoms with E-state index < -0.39 is 23.5 Å². The highest BCUT2D eigenvalue weighted by Gasteiger charge is 2.36. The average Bonchev–Trinajstić information content (AvgIpc) is 3.07. The van der Waals surface area contributed by atoms with Gasteiger partial charge >= 0.3 is 0 Å². The summed E-state index contributed by atoms with van der Waals surface area (Å²) in [5, 5.41) is 3.01. The van der Waals surface area contributed by atoms with E-state index in [2.05, 4.69) is 16.2 Å². The minimum atomic E-state index is -0.675. The van der Waals surface area contributed by atoms with Crippen molar-refractivity contribution in [2.24, 2.45) is 5.92 Å². The van der Waals surface area contributed by atoms with Crippen LogP contribution in [0.25, 0.3) is 0 Å². The van der Waals surface area contributed by atoms with E-state index in [0.29, 0.717) is 0 Å². The molecule has 0 saturated carbocycles. The lowest BCUT2D eigenvalue weighted by molar-refractivity contribution is -0.130. The van der Waals surface area contributed by atoms with Gasteiger partial charge in [0.15, 0.2) is 0 Å². The maximum atomic E-state index is 14.2. The van der Waals surface area contributed by atoms with E-state index in [0.717, 1.165) is 22.4 Å². The minimum Gasteiger partial charge on any atom is -0.376 e. The standard InChI is InChI=1S/C22H25FN4O3/c1-13-4-6-18(15(3)8-13)24-11-20(28)25-26-22(30)16-10-21(29)27(12-16)19-7-5-14(2)9-17(19)23/h4-9,16,24H,10-12H2,1-3H3,(H,25,28)(H,26,30). The Labute approximate surface area is 174 Å². The van der Waals surface area contributed by atoms with Gasteiger partial charge in [0.2, 0.25) is 11.8 Å². The van der Waals surface area contributed by atoms with E-state index in [4.69, 9.17) is 0 Å². The number of carbonyl (C=O) groups is 3. The Balaban J connectivity index is 1.50. The highest BCUT2D eigenvalue weighted by atomic mass is 19.1. The number of carbonyl (C=O) groups excluding carboxylic acids is 3. The van der Waals surface area contributed by atoms with Crippen molar-refractivity contribution in [3.63, 3.8) is 0 Å². The lowest BCUT2D eigenvalue weighted by Crippen LogP contribution is -2.47. The van der Waals surface area contributed by atoms with Gasteiger partial charge in [-0.3, -0.25) is 25.2 Å². The molecule has 1 atom stereocenters. The van der Waals surface area contributed by atoms with Crippen LogP contribution < -0.4 is 21.1 Å². The van der Waals surface area contributed by atoms with Crippen LogP contribution in [0.5, 0.6) is 0 Å². The summed E-state index contributed by atoms with van der Waals surface area (Å²) >= 11 is 0. The molecule has 8 heteroatoms. The summed E-state index contributed by atoms with van der Waals surface area (Å²) in [7, 11) is 0. The van der Waals surface area contributed by atoms with Gasteiger partial charge in [0.1, 0.15) is 5.82 Å². The van der Waals surface area contributed by atoms with Gasteiger partial charge in [-0.05, 0) is 50.1 Å². The molecule has 3 rings (SSSR count). The highest BCUT2D eigenvalue weighted by molar-refractivity contribution is 6.00. The predicted octanol–water partition coefficient (Wildman–Crippen LogP) is 2.36. The first-order valence-corrected chi connectivity index (χ1v) is 9.71. The number of nitrogens with zero attached hydrogens (tertiary/aromatic N) is 1. The van der Waals surface area contributed by atoms with Crippen molar-refractivity contribution in [3.8, 4) is 0 Å². The number of hydrazine groups is 1. The van der Waals surface area contributed by atoms with Crippen LogP contribution in [0, 0.1) is 32.5 Å². The molecule has 0 aromatic heterocycles. The third-order valence-electron chi connectivity index (χ3n) is 5.04. The van der Waals surface area contributed by atoms with E-state index in [1.807, 2.05) is 32.0 Å². The van der Waals surface area contributed by atoms with Crippen LogP contribution in [-0.2, 0) is 14.4 Å². The van der Waals surface area contributed by atoms with Crippen LogP contribution in [-0.4, -0.2) is 30.8 Å². The van der Waals surface area contributed by atoms with Gasteiger partial charge in [-0.15, -0.1) is 0 Å². The number of nitrogens with one attached hydrogen (secondary N) is 3. The fraction of sp³-hybridized carbons (Fsp3) is 0.318. The molecule has 2 aromatic carbocycles. The van der Waals surface area contributed by atoms with Crippen LogP contribution in [0.15, 0.2) is 36.4 Å². The molecule has 0 aliphatic carbocycles. The van der Waals surface area contributed by atoms with Crippen LogP contribution in [0.4, 0.5) is 15.8 Å². The lowest BCUT2D eigenvalue weighted by Gasteiger charge is -2.18. The predicted molar refractivity (Wildman–Crippen MR) is 112 cm³/mol. The van der Waals surface area contributed by atoms with Crippen molar-refractivity contribution in [2.45, 2.75) is 27.2 Å². The Morgan fingerprint density at radius 3 is 2.47 bits per heavy atom. The van der Waals surface area contributed by atoms with E-state index in [9.17, 15) is 18.8 Å². The Morgan fingerprint density at radius 1 is 1.07 bits per heavy atom. The molecule has 158 valence electrons. The second kappa shape index (κ2) is 8.94. The Morgan fingerprint density at radius 2 is 1.77 bits per heavy atom. The molecule has 3 amide bonds. The number of hydrogen-bond acceptors (Lipinski definition) is 4. The fourth-order valence-electron chi connectivity index (χ4n) is 3.41. The van der Waals surface area contributed by atoms with Gasteiger partial charge in [-0.1, -0.05) is 23.8 Å². The third kappa shape index (κ3) is 4.94. The zero-order valence-electron chi connectivity index (χ0n) is 17.2. The van der Waals surface area contributed by atoms with Crippen molar-refractivity contribution in [1.82, 2.24) is 10.9 Å². The van der Waals surface area contributed by atoms with Crippen LogP contribution >= 0.6 is 0 Å². The zero-order chi connectivity index (χ0) is 21.8. The van der Waals surface area contributed by atoms with Gasteiger partial charge in [0, 0.05) is 18.7 Å². The van der Waals surface area contributed by atoms with Crippen molar-refractivity contribution >= 4 is 29.1 Å². The number of aryl methyl sites for hydroxylation is 3. The molecule has 30 heavy (non-hydrogen) atoms. The zero-order valence-corrected chi connectivity index (χ0v) is 17.2. The van der Waals surface area contributed by atoms with Crippen molar-refractivity contribution in [2.75, 3.05) is 23.3 Å². The molecule has 1 unspecified atom stereocenters. The number of anilines is 2. The summed E-state index contributed by atoms with van der Waals surface area (Å²) < 4.78 is 14.2. The van der Waals surface area contributed by atoms with Gasteiger partial charge < -0.3 is 10.2 Å². The lowest BCUT2D eigenvalue weighted by atomic mass is 10.1. The molecule has 1 aliphatic heterocycles. The van der Waals surface area contributed by atoms with Crippen LogP contribution in [0.3, 0.4) is 0 Å². The second-order valence-electron chi connectivity index (χ2n) is 7.57. The highest BCUT2D eigenvalue weighted by Crippen LogP contribution is 2.28. The van der Waals surface area contributed by atoms with Gasteiger partial charge in [0.25, 0.3) is 5.91 Å². The molecule has 1 heterocycles. The number of halogens is 1. The maximum absolute atomic E-state index is 14.2. The van der Waals surface area contributed by atoms with Crippen molar-refractivity contribution < 1.29 is 18.8 Å². The van der Waals surface area contributed by atoms with E-state index >= 15 is 0 Å². The Bertz CT molecular complexity index is 992. The first-order valence-electron chi connectivity index (χ1n) is 9.71. The average molecular weight is 412 g/mol. The van der Waals surface area contributed by atoms with Gasteiger partial charge in [-0.25, -0.2) is 4.39 Å². The van der Waals surface area contributed by atoms with Crippen molar-refractivity contribution in [3.05, 3.63) is 58.9 Å². The maximum Gasteiger partial charge on any atom is 0.257 e.